The second-order valence-corrected chi connectivity index (χ2v) is 10.8. The number of methoxy groups -OCH3 is 2. The number of hydrogen-bond acceptors (Lipinski definition) is 7. The third kappa shape index (κ3) is 7.98. The third-order valence-electron chi connectivity index (χ3n) is 7.07. The summed E-state index contributed by atoms with van der Waals surface area (Å²) in [5.41, 5.74) is 1.94. The summed E-state index contributed by atoms with van der Waals surface area (Å²) in [7, 11) is 3.24. The molecule has 7 nitrogen and oxygen atoms in total. The van der Waals surface area contributed by atoms with Crippen molar-refractivity contribution < 1.29 is 28.5 Å². The summed E-state index contributed by atoms with van der Waals surface area (Å²) in [4.78, 5) is 27.6. The molecule has 38 heavy (non-hydrogen) atoms. The van der Waals surface area contributed by atoms with Gasteiger partial charge in [-0.05, 0) is 56.7 Å². The lowest BCUT2D eigenvalue weighted by Crippen LogP contribution is -2.60. The number of amides is 1. The van der Waals surface area contributed by atoms with E-state index < -0.39 is 11.9 Å². The molecule has 0 spiro atoms. The number of allylic oxidation sites excluding steroid dienone is 3. The predicted octanol–water partition coefficient (Wildman–Crippen LogP) is 6.43. The largest absolute Gasteiger partial charge is 0.497 e. The smallest absolute Gasteiger partial charge is 0.330 e. The number of esters is 1. The zero-order valence-corrected chi connectivity index (χ0v) is 23.7. The number of nitrogens with zero attached hydrogens (tertiary/aromatic N) is 1. The van der Waals surface area contributed by atoms with Crippen LogP contribution in [0.15, 0.2) is 61.2 Å². The van der Waals surface area contributed by atoms with Gasteiger partial charge in [0.25, 0.3) is 5.24 Å². The van der Waals surface area contributed by atoms with E-state index in [9.17, 15) is 9.59 Å². The molecule has 1 amide bonds. The van der Waals surface area contributed by atoms with Gasteiger partial charge in [0.2, 0.25) is 0 Å². The minimum atomic E-state index is -1.09. The van der Waals surface area contributed by atoms with E-state index in [-0.39, 0.29) is 23.4 Å². The normalized spacial score (nSPS) is 25.8. The van der Waals surface area contributed by atoms with Gasteiger partial charge in [-0.3, -0.25) is 4.79 Å². The van der Waals surface area contributed by atoms with Crippen LogP contribution in [0.25, 0.3) is 0 Å². The highest BCUT2D eigenvalue weighted by molar-refractivity contribution is 8.13. The molecule has 0 aromatic heterocycles. The fraction of sp³-hybridized carbons (Fsp3) is 0.533. The Balaban J connectivity index is 1.82. The average molecular weight is 544 g/mol. The number of carbonyl (C=O) groups excluding carboxylic acids is 2. The molecule has 2 aliphatic heterocycles. The fourth-order valence-electron chi connectivity index (χ4n) is 5.03. The highest BCUT2D eigenvalue weighted by Gasteiger charge is 2.54. The number of benzene rings is 1. The van der Waals surface area contributed by atoms with Gasteiger partial charge in [-0.25, -0.2) is 4.79 Å². The van der Waals surface area contributed by atoms with E-state index in [1.165, 1.54) is 11.8 Å². The Morgan fingerprint density at radius 3 is 2.61 bits per heavy atom. The van der Waals surface area contributed by atoms with E-state index >= 15 is 0 Å². The lowest BCUT2D eigenvalue weighted by atomic mass is 9.90. The summed E-state index contributed by atoms with van der Waals surface area (Å²) in [5, 5.41) is -0.0195. The number of thioether (sulfide) groups is 1. The monoisotopic (exact) mass is 543 g/mol. The maximum atomic E-state index is 13.0. The van der Waals surface area contributed by atoms with Crippen LogP contribution >= 0.6 is 11.8 Å². The standard InChI is InChI=1S/C30H41NO6S/c1-6-8-10-12-25-18-26(36-28(32)17-22(3)11-9-7-2)19-30(35-5,37-25)27-21-38-29(33)31(27)20-23-13-15-24(34-4)16-14-23/h6-7,13-17,25-27H,1-2,8-12,18-21H2,3-5H3/t25-,26-,27+,30-/m1/s1. The molecule has 1 aromatic carbocycles. The molecule has 0 N–H and O–H groups in total. The Kier molecular flexibility index (Phi) is 11.5. The molecule has 0 radical (unpaired) electrons. The van der Waals surface area contributed by atoms with E-state index in [1.54, 1.807) is 20.3 Å². The van der Waals surface area contributed by atoms with Gasteiger partial charge in [0.05, 0.1) is 19.3 Å². The van der Waals surface area contributed by atoms with Crippen LogP contribution in [0.4, 0.5) is 4.79 Å². The lowest BCUT2D eigenvalue weighted by molar-refractivity contribution is -0.305. The van der Waals surface area contributed by atoms with Crippen LogP contribution in [-0.2, 0) is 25.5 Å². The second-order valence-electron chi connectivity index (χ2n) is 9.86. The molecule has 0 saturated carbocycles. The minimum absolute atomic E-state index is 0.0195. The summed E-state index contributed by atoms with van der Waals surface area (Å²) >= 11 is 1.27. The number of hydrogen-bond donors (Lipinski definition) is 0. The first-order valence-electron chi connectivity index (χ1n) is 13.2. The first-order valence-corrected chi connectivity index (χ1v) is 14.2. The number of unbranched alkanes of at least 4 members (excludes halogenated alkanes) is 1. The summed E-state index contributed by atoms with van der Waals surface area (Å²) in [6, 6.07) is 7.35. The molecule has 4 atom stereocenters. The van der Waals surface area contributed by atoms with Crippen molar-refractivity contribution in [1.29, 1.82) is 0 Å². The molecule has 0 bridgehead atoms. The molecular formula is C30H41NO6S. The van der Waals surface area contributed by atoms with Crippen molar-refractivity contribution in [3.63, 3.8) is 0 Å². The highest BCUT2D eigenvalue weighted by Crippen LogP contribution is 2.42. The summed E-state index contributed by atoms with van der Waals surface area (Å²) < 4.78 is 24.0. The molecule has 0 unspecified atom stereocenters. The van der Waals surface area contributed by atoms with Crippen LogP contribution in [0.1, 0.15) is 57.4 Å². The minimum Gasteiger partial charge on any atom is -0.497 e. The molecule has 1 aromatic rings. The quantitative estimate of drug-likeness (QED) is 0.116. The van der Waals surface area contributed by atoms with Crippen LogP contribution in [-0.4, -0.2) is 60.1 Å². The number of ether oxygens (including phenoxy) is 4. The topological polar surface area (TPSA) is 74.3 Å². The number of rotatable bonds is 14. The first kappa shape index (κ1) is 30.0. The maximum absolute atomic E-state index is 13.0. The van der Waals surface area contributed by atoms with Crippen LogP contribution in [0.3, 0.4) is 0 Å². The Hall–Kier alpha value is -2.55. The predicted molar refractivity (Wildman–Crippen MR) is 151 cm³/mol. The van der Waals surface area contributed by atoms with Gasteiger partial charge in [-0.1, -0.05) is 41.6 Å². The van der Waals surface area contributed by atoms with Crippen molar-refractivity contribution >= 4 is 23.0 Å². The third-order valence-corrected chi connectivity index (χ3v) is 8.03. The van der Waals surface area contributed by atoms with Crippen molar-refractivity contribution in [3.8, 4) is 5.75 Å². The molecule has 208 valence electrons. The van der Waals surface area contributed by atoms with Crippen molar-refractivity contribution in [1.82, 2.24) is 4.90 Å². The van der Waals surface area contributed by atoms with Crippen LogP contribution in [0.2, 0.25) is 0 Å². The van der Waals surface area contributed by atoms with Gasteiger partial charge in [-0.2, -0.15) is 0 Å². The zero-order chi connectivity index (χ0) is 27.5. The van der Waals surface area contributed by atoms with E-state index in [4.69, 9.17) is 18.9 Å². The molecule has 3 rings (SSSR count). The molecule has 8 heteroatoms. The van der Waals surface area contributed by atoms with Crippen molar-refractivity contribution in [2.24, 2.45) is 0 Å². The molecule has 2 saturated heterocycles. The Morgan fingerprint density at radius 1 is 1.21 bits per heavy atom. The van der Waals surface area contributed by atoms with Crippen molar-refractivity contribution in [2.45, 2.75) is 82.5 Å². The molecule has 0 aliphatic carbocycles. The highest BCUT2D eigenvalue weighted by atomic mass is 32.2. The van der Waals surface area contributed by atoms with Gasteiger partial charge >= 0.3 is 5.97 Å². The Labute approximate surface area is 231 Å². The summed E-state index contributed by atoms with van der Waals surface area (Å²) in [6.07, 6.45) is 9.79. The molecule has 2 heterocycles. The van der Waals surface area contributed by atoms with Gasteiger partial charge in [0, 0.05) is 38.3 Å². The van der Waals surface area contributed by atoms with Gasteiger partial charge < -0.3 is 23.8 Å². The average Bonchev–Trinajstić information content (AvgIpc) is 3.28. The lowest BCUT2D eigenvalue weighted by Gasteiger charge is -2.48. The fourth-order valence-corrected chi connectivity index (χ4v) is 6.12. The SMILES string of the molecule is C=CCCC[C@@H]1C[C@@H](OC(=O)C=C(C)CCC=C)C[C@](OC)([C@@H]2CSC(=O)N2Cc2ccc(OC)cc2)O1. The van der Waals surface area contributed by atoms with E-state index in [1.807, 2.05) is 48.2 Å². The van der Waals surface area contributed by atoms with E-state index in [0.29, 0.717) is 25.1 Å². The Morgan fingerprint density at radius 2 is 1.95 bits per heavy atom. The Bertz CT molecular complexity index is 993. The van der Waals surface area contributed by atoms with Gasteiger partial charge in [0.1, 0.15) is 11.9 Å². The molecule has 2 aliphatic rings. The second kappa shape index (κ2) is 14.6. The van der Waals surface area contributed by atoms with Gasteiger partial charge in [0.15, 0.2) is 5.79 Å². The molecule has 2 fully saturated rings. The molecular weight excluding hydrogens is 502 g/mol. The summed E-state index contributed by atoms with van der Waals surface area (Å²) in [6.45, 7) is 9.90. The summed E-state index contributed by atoms with van der Waals surface area (Å²) in [5.74, 6) is -0.156. The van der Waals surface area contributed by atoms with Crippen LogP contribution in [0, 0.1) is 0 Å². The van der Waals surface area contributed by atoms with Crippen molar-refractivity contribution in [3.05, 3.63) is 66.8 Å². The van der Waals surface area contributed by atoms with Gasteiger partial charge in [-0.15, -0.1) is 13.2 Å². The number of carbonyl (C=O) groups is 2. The van der Waals surface area contributed by atoms with Crippen LogP contribution < -0.4 is 4.74 Å². The van der Waals surface area contributed by atoms with Crippen LogP contribution in [0.5, 0.6) is 5.75 Å². The first-order chi connectivity index (χ1) is 18.3. The maximum Gasteiger partial charge on any atom is 0.330 e. The van der Waals surface area contributed by atoms with E-state index in [0.717, 1.165) is 49.0 Å². The van der Waals surface area contributed by atoms with E-state index in [2.05, 4.69) is 13.2 Å². The zero-order valence-electron chi connectivity index (χ0n) is 22.9. The van der Waals surface area contributed by atoms with Crippen molar-refractivity contribution in [2.75, 3.05) is 20.0 Å².